The van der Waals surface area contributed by atoms with Gasteiger partial charge in [-0.1, -0.05) is 43.5 Å². The van der Waals surface area contributed by atoms with Gasteiger partial charge in [0.05, 0.1) is 5.02 Å². The summed E-state index contributed by atoms with van der Waals surface area (Å²) in [5, 5.41) is 0.947. The zero-order chi connectivity index (χ0) is 13.1. The molecule has 0 radical (unpaired) electrons. The summed E-state index contributed by atoms with van der Waals surface area (Å²) in [6.45, 7) is 1.81. The van der Waals surface area contributed by atoms with Crippen molar-refractivity contribution in [1.29, 1.82) is 0 Å². The van der Waals surface area contributed by atoms with Crippen LogP contribution in [0.3, 0.4) is 0 Å². The number of hydrogen-bond acceptors (Lipinski definition) is 2. The van der Waals surface area contributed by atoms with Crippen LogP contribution in [0.25, 0.3) is 0 Å². The molecule has 0 aliphatic heterocycles. The maximum absolute atomic E-state index is 12.0. The van der Waals surface area contributed by atoms with Gasteiger partial charge in [-0.05, 0) is 31.5 Å². The van der Waals surface area contributed by atoms with Gasteiger partial charge >= 0.3 is 0 Å². The molecule has 1 rings (SSSR count). The molecule has 0 bridgehead atoms. The minimum atomic E-state index is -3.55. The highest BCUT2D eigenvalue weighted by molar-refractivity contribution is 9.10. The summed E-state index contributed by atoms with van der Waals surface area (Å²) in [5.74, 6) is 0. The second-order valence-electron chi connectivity index (χ2n) is 3.57. The van der Waals surface area contributed by atoms with Crippen LogP contribution >= 0.6 is 43.5 Å². The number of alkyl halides is 1. The number of sulfonamides is 1. The average molecular weight is 406 g/mol. The van der Waals surface area contributed by atoms with Gasteiger partial charge < -0.3 is 0 Å². The van der Waals surface area contributed by atoms with Gasteiger partial charge in [-0.2, -0.15) is 0 Å². The largest absolute Gasteiger partial charge is 0.242 e. The van der Waals surface area contributed by atoms with Crippen molar-refractivity contribution in [3.63, 3.8) is 0 Å². The third-order valence-electron chi connectivity index (χ3n) is 2.08. The molecule has 1 unspecified atom stereocenters. The van der Waals surface area contributed by atoms with Crippen molar-refractivity contribution in [2.24, 2.45) is 0 Å². The van der Waals surface area contributed by atoms with E-state index in [-0.39, 0.29) is 16.0 Å². The lowest BCUT2D eigenvalue weighted by Crippen LogP contribution is -2.33. The van der Waals surface area contributed by atoms with Crippen molar-refractivity contribution in [2.75, 3.05) is 5.33 Å². The maximum atomic E-state index is 12.0. The monoisotopic (exact) mass is 403 g/mol. The lowest BCUT2D eigenvalue weighted by Gasteiger charge is -2.13. The Hall–Kier alpha value is 0.380. The molecule has 1 atom stereocenters. The molecule has 0 heterocycles. The minimum absolute atomic E-state index is 0.101. The van der Waals surface area contributed by atoms with E-state index in [1.165, 1.54) is 6.07 Å². The Morgan fingerprint density at radius 2 is 2.12 bits per heavy atom. The number of hydrogen-bond donors (Lipinski definition) is 1. The fraction of sp³-hybridized carbons (Fsp3) is 0.400. The Morgan fingerprint density at radius 3 is 2.65 bits per heavy atom. The highest BCUT2D eigenvalue weighted by atomic mass is 79.9. The summed E-state index contributed by atoms with van der Waals surface area (Å²) in [5.41, 5.74) is 0. The van der Waals surface area contributed by atoms with Crippen molar-refractivity contribution in [3.8, 4) is 0 Å². The van der Waals surface area contributed by atoms with Crippen molar-refractivity contribution in [3.05, 3.63) is 27.7 Å². The molecule has 0 amide bonds. The molecule has 0 spiro atoms. The van der Waals surface area contributed by atoms with Gasteiger partial charge in [0, 0.05) is 15.8 Å². The molecule has 3 nitrogen and oxygen atoms in total. The summed E-state index contributed by atoms with van der Waals surface area (Å²) < 4.78 is 27.4. The Balaban J connectivity index is 2.97. The quantitative estimate of drug-likeness (QED) is 0.762. The Bertz CT molecular complexity index is 493. The Kier molecular flexibility index (Phi) is 5.92. The van der Waals surface area contributed by atoms with Crippen LogP contribution in [0, 0.1) is 0 Å². The van der Waals surface area contributed by atoms with Gasteiger partial charge in [-0.15, -0.1) is 0 Å². The molecule has 96 valence electrons. The minimum Gasteiger partial charge on any atom is -0.208 e. The molecule has 0 fully saturated rings. The highest BCUT2D eigenvalue weighted by Crippen LogP contribution is 2.25. The zero-order valence-corrected chi connectivity index (χ0v) is 13.8. The van der Waals surface area contributed by atoms with Gasteiger partial charge in [0.1, 0.15) is 4.90 Å². The molecule has 0 saturated heterocycles. The molecule has 1 aromatic carbocycles. The van der Waals surface area contributed by atoms with Crippen LogP contribution in [0.1, 0.15) is 13.3 Å². The van der Waals surface area contributed by atoms with E-state index in [0.717, 1.165) is 9.80 Å². The van der Waals surface area contributed by atoms with E-state index in [1.807, 2.05) is 6.92 Å². The molecule has 0 aliphatic rings. The first-order valence-corrected chi connectivity index (χ1v) is 8.67. The van der Waals surface area contributed by atoms with Crippen molar-refractivity contribution in [1.82, 2.24) is 4.72 Å². The first-order valence-electron chi connectivity index (χ1n) is 4.90. The Labute approximate surface area is 123 Å². The molecule has 1 N–H and O–H groups in total. The van der Waals surface area contributed by atoms with Gasteiger partial charge in [0.15, 0.2) is 0 Å². The smallest absolute Gasteiger partial charge is 0.208 e. The van der Waals surface area contributed by atoms with Crippen LogP contribution in [0.4, 0.5) is 0 Å². The molecule has 0 saturated carbocycles. The van der Waals surface area contributed by atoms with Crippen molar-refractivity contribution in [2.45, 2.75) is 24.3 Å². The summed E-state index contributed by atoms with van der Waals surface area (Å²) in [6.07, 6.45) is 0.716. The lowest BCUT2D eigenvalue weighted by atomic mass is 10.3. The number of nitrogens with one attached hydrogen (secondary N) is 1. The first kappa shape index (κ1) is 15.4. The van der Waals surface area contributed by atoms with E-state index in [9.17, 15) is 8.42 Å². The summed E-state index contributed by atoms with van der Waals surface area (Å²) in [7, 11) is -3.55. The molecular weight excluding hydrogens is 393 g/mol. The van der Waals surface area contributed by atoms with Crippen LogP contribution in [0.2, 0.25) is 5.02 Å². The molecule has 7 heteroatoms. The second-order valence-corrected chi connectivity index (χ2v) is 7.37. The standard InChI is InChI=1S/C10H12Br2ClNO2S/c1-7(4-5-11)14-17(15,16)10-3-2-8(12)6-9(10)13/h2-3,6-7,14H,4-5H2,1H3. The van der Waals surface area contributed by atoms with Crippen LogP contribution in [-0.4, -0.2) is 19.8 Å². The molecule has 0 aliphatic carbocycles. The number of benzene rings is 1. The summed E-state index contributed by atoms with van der Waals surface area (Å²) in [4.78, 5) is 0.101. The highest BCUT2D eigenvalue weighted by Gasteiger charge is 2.20. The van der Waals surface area contributed by atoms with Gasteiger partial charge in [0.25, 0.3) is 0 Å². The normalized spacial score (nSPS) is 13.6. The van der Waals surface area contributed by atoms with E-state index >= 15 is 0 Å². The maximum Gasteiger partial charge on any atom is 0.242 e. The second kappa shape index (κ2) is 6.52. The predicted molar refractivity (Wildman–Crippen MR) is 77.3 cm³/mol. The van der Waals surface area contributed by atoms with E-state index < -0.39 is 10.0 Å². The fourth-order valence-corrected chi connectivity index (χ4v) is 4.25. The molecule has 17 heavy (non-hydrogen) atoms. The van der Waals surface area contributed by atoms with Crippen molar-refractivity contribution < 1.29 is 8.42 Å². The van der Waals surface area contributed by atoms with Crippen LogP contribution in [-0.2, 0) is 10.0 Å². The summed E-state index contributed by atoms with van der Waals surface area (Å²) in [6, 6.07) is 4.55. The number of rotatable bonds is 5. The van der Waals surface area contributed by atoms with E-state index in [2.05, 4.69) is 36.6 Å². The van der Waals surface area contributed by atoms with Gasteiger partial charge in [-0.25, -0.2) is 13.1 Å². The fourth-order valence-electron chi connectivity index (χ4n) is 1.24. The van der Waals surface area contributed by atoms with E-state index in [1.54, 1.807) is 12.1 Å². The SMILES string of the molecule is CC(CCBr)NS(=O)(=O)c1ccc(Br)cc1Cl. The first-order chi connectivity index (χ1) is 7.86. The average Bonchev–Trinajstić information content (AvgIpc) is 2.15. The van der Waals surface area contributed by atoms with Crippen molar-refractivity contribution >= 4 is 53.5 Å². The number of halogens is 3. The van der Waals surface area contributed by atoms with Crippen LogP contribution in [0.15, 0.2) is 27.6 Å². The molecular formula is C10H12Br2ClNO2S. The van der Waals surface area contributed by atoms with Gasteiger partial charge in [0.2, 0.25) is 10.0 Å². The topological polar surface area (TPSA) is 46.2 Å². The predicted octanol–water partition coefficient (Wildman–Crippen LogP) is 3.55. The Morgan fingerprint density at radius 1 is 1.47 bits per heavy atom. The van der Waals surface area contributed by atoms with Crippen LogP contribution in [0.5, 0.6) is 0 Å². The van der Waals surface area contributed by atoms with E-state index in [4.69, 9.17) is 11.6 Å². The van der Waals surface area contributed by atoms with Gasteiger partial charge in [-0.3, -0.25) is 0 Å². The molecule has 0 aromatic heterocycles. The zero-order valence-electron chi connectivity index (χ0n) is 9.08. The third kappa shape index (κ3) is 4.52. The summed E-state index contributed by atoms with van der Waals surface area (Å²) >= 11 is 12.4. The van der Waals surface area contributed by atoms with Crippen LogP contribution < -0.4 is 4.72 Å². The molecule has 1 aromatic rings. The third-order valence-corrected chi connectivity index (χ3v) is 5.11. The lowest BCUT2D eigenvalue weighted by molar-refractivity contribution is 0.557. The van der Waals surface area contributed by atoms with E-state index in [0.29, 0.717) is 6.42 Å².